The third kappa shape index (κ3) is 3.88. The van der Waals surface area contributed by atoms with E-state index in [1.807, 2.05) is 13.1 Å². The number of nitrogens with zero attached hydrogens (tertiary/aromatic N) is 4. The van der Waals surface area contributed by atoms with Gasteiger partial charge in [0.1, 0.15) is 5.75 Å². The summed E-state index contributed by atoms with van der Waals surface area (Å²) in [6.07, 6.45) is 2.17. The number of benzene rings is 1. The quantitative estimate of drug-likeness (QED) is 0.880. The maximum absolute atomic E-state index is 12.5. The van der Waals surface area contributed by atoms with E-state index in [-0.39, 0.29) is 11.7 Å². The zero-order chi connectivity index (χ0) is 17.8. The standard InChI is InChI=1S/C18H23N5O2/c1-22(14-9-11-19-12-10-14)16-7-8-17(21-20-16)23(2)18(25)13-3-5-15(24)6-4-13/h3-8,14,19,24H,9-12H2,1-2H3. The number of aromatic nitrogens is 2. The van der Waals surface area contributed by atoms with E-state index in [9.17, 15) is 9.90 Å². The highest BCUT2D eigenvalue weighted by Crippen LogP contribution is 2.20. The summed E-state index contributed by atoms with van der Waals surface area (Å²) in [4.78, 5) is 16.1. The Morgan fingerprint density at radius 1 is 1.04 bits per heavy atom. The molecule has 2 N–H and O–H groups in total. The molecule has 1 aliphatic rings. The maximum atomic E-state index is 12.5. The Hall–Kier alpha value is -2.67. The van der Waals surface area contributed by atoms with Crippen molar-refractivity contribution in [2.75, 3.05) is 37.0 Å². The summed E-state index contributed by atoms with van der Waals surface area (Å²) >= 11 is 0. The number of carbonyl (C=O) groups excluding carboxylic acids is 1. The number of hydrogen-bond donors (Lipinski definition) is 2. The van der Waals surface area contributed by atoms with Crippen LogP contribution >= 0.6 is 0 Å². The molecule has 2 aromatic rings. The molecular weight excluding hydrogens is 318 g/mol. The van der Waals surface area contributed by atoms with Crippen molar-refractivity contribution >= 4 is 17.5 Å². The summed E-state index contributed by atoms with van der Waals surface area (Å²) in [5.74, 6) is 1.22. The smallest absolute Gasteiger partial charge is 0.259 e. The second kappa shape index (κ2) is 7.48. The van der Waals surface area contributed by atoms with Crippen molar-refractivity contribution in [1.29, 1.82) is 0 Å². The van der Waals surface area contributed by atoms with Gasteiger partial charge in [-0.3, -0.25) is 9.69 Å². The summed E-state index contributed by atoms with van der Waals surface area (Å²) < 4.78 is 0. The van der Waals surface area contributed by atoms with Gasteiger partial charge in [0.05, 0.1) is 0 Å². The molecule has 0 aliphatic carbocycles. The van der Waals surface area contributed by atoms with Crippen molar-refractivity contribution < 1.29 is 9.90 Å². The van der Waals surface area contributed by atoms with Crippen LogP contribution < -0.4 is 15.1 Å². The molecule has 1 aromatic heterocycles. The van der Waals surface area contributed by atoms with Crippen molar-refractivity contribution in [2.24, 2.45) is 0 Å². The van der Waals surface area contributed by atoms with Crippen molar-refractivity contribution in [1.82, 2.24) is 15.5 Å². The highest BCUT2D eigenvalue weighted by molar-refractivity contribution is 6.05. The van der Waals surface area contributed by atoms with E-state index in [2.05, 4.69) is 20.4 Å². The van der Waals surface area contributed by atoms with E-state index >= 15 is 0 Å². The topological polar surface area (TPSA) is 81.6 Å². The summed E-state index contributed by atoms with van der Waals surface area (Å²) in [5, 5.41) is 21.2. The zero-order valence-corrected chi connectivity index (χ0v) is 14.5. The Bertz CT molecular complexity index is 711. The van der Waals surface area contributed by atoms with E-state index in [1.54, 1.807) is 25.2 Å². The number of anilines is 2. The highest BCUT2D eigenvalue weighted by Gasteiger charge is 2.20. The van der Waals surface area contributed by atoms with Crippen molar-refractivity contribution in [2.45, 2.75) is 18.9 Å². The zero-order valence-electron chi connectivity index (χ0n) is 14.5. The molecule has 1 aliphatic heterocycles. The molecule has 0 spiro atoms. The molecule has 0 bridgehead atoms. The molecule has 0 atom stereocenters. The van der Waals surface area contributed by atoms with Crippen LogP contribution in [0.25, 0.3) is 0 Å². The Morgan fingerprint density at radius 3 is 2.24 bits per heavy atom. The first-order valence-electron chi connectivity index (χ1n) is 8.40. The third-order valence-electron chi connectivity index (χ3n) is 4.62. The number of amides is 1. The van der Waals surface area contributed by atoms with Crippen LogP contribution in [0.1, 0.15) is 23.2 Å². The van der Waals surface area contributed by atoms with Gasteiger partial charge in [0.25, 0.3) is 5.91 Å². The first kappa shape index (κ1) is 17.2. The monoisotopic (exact) mass is 341 g/mol. The summed E-state index contributed by atoms with van der Waals surface area (Å²) in [5.41, 5.74) is 0.484. The van der Waals surface area contributed by atoms with Crippen LogP contribution in [0.4, 0.5) is 11.6 Å². The van der Waals surface area contributed by atoms with Crippen LogP contribution in [0.15, 0.2) is 36.4 Å². The van der Waals surface area contributed by atoms with Gasteiger partial charge in [0, 0.05) is 25.7 Å². The number of carbonyl (C=O) groups is 1. The van der Waals surface area contributed by atoms with Crippen molar-refractivity contribution in [3.8, 4) is 5.75 Å². The minimum Gasteiger partial charge on any atom is -0.508 e. The largest absolute Gasteiger partial charge is 0.508 e. The Balaban J connectivity index is 1.70. The van der Waals surface area contributed by atoms with E-state index in [0.717, 1.165) is 31.7 Å². The first-order chi connectivity index (χ1) is 12.1. The average Bonchev–Trinajstić information content (AvgIpc) is 2.67. The van der Waals surface area contributed by atoms with Gasteiger partial charge in [0.2, 0.25) is 0 Å². The van der Waals surface area contributed by atoms with Gasteiger partial charge in [0.15, 0.2) is 11.6 Å². The molecule has 1 saturated heterocycles. The minimum absolute atomic E-state index is 0.129. The van der Waals surface area contributed by atoms with Crippen LogP contribution in [0.3, 0.4) is 0 Å². The molecule has 3 rings (SSSR count). The normalized spacial score (nSPS) is 15.0. The summed E-state index contributed by atoms with van der Waals surface area (Å²) in [6, 6.07) is 10.3. The number of piperidine rings is 1. The fraction of sp³-hybridized carbons (Fsp3) is 0.389. The third-order valence-corrected chi connectivity index (χ3v) is 4.62. The number of aromatic hydroxyl groups is 1. The van der Waals surface area contributed by atoms with E-state index in [1.165, 1.54) is 17.0 Å². The van der Waals surface area contributed by atoms with Gasteiger partial charge in [-0.15, -0.1) is 10.2 Å². The van der Waals surface area contributed by atoms with E-state index < -0.39 is 0 Å². The van der Waals surface area contributed by atoms with Gasteiger partial charge >= 0.3 is 0 Å². The Labute approximate surface area is 147 Å². The fourth-order valence-electron chi connectivity index (χ4n) is 2.97. The molecule has 0 unspecified atom stereocenters. The summed E-state index contributed by atoms with van der Waals surface area (Å²) in [7, 11) is 3.69. The molecule has 2 heterocycles. The van der Waals surface area contributed by atoms with Crippen LogP contribution in [0.5, 0.6) is 5.75 Å². The number of rotatable bonds is 4. The maximum Gasteiger partial charge on any atom is 0.259 e. The second-order valence-corrected chi connectivity index (χ2v) is 6.25. The van der Waals surface area contributed by atoms with Gasteiger partial charge in [-0.25, -0.2) is 0 Å². The first-order valence-corrected chi connectivity index (χ1v) is 8.40. The Kier molecular flexibility index (Phi) is 5.14. The lowest BCUT2D eigenvalue weighted by atomic mass is 10.1. The SMILES string of the molecule is CN(C(=O)c1ccc(O)cc1)c1ccc(N(C)C2CCNCC2)nn1. The van der Waals surface area contributed by atoms with Crippen molar-refractivity contribution in [3.63, 3.8) is 0 Å². The van der Waals surface area contributed by atoms with Crippen LogP contribution in [-0.2, 0) is 0 Å². The molecular formula is C18H23N5O2. The van der Waals surface area contributed by atoms with Crippen LogP contribution in [-0.4, -0.2) is 54.4 Å². The summed E-state index contributed by atoms with van der Waals surface area (Å²) in [6.45, 7) is 2.04. The predicted molar refractivity (Wildman–Crippen MR) is 97.2 cm³/mol. The molecule has 7 heteroatoms. The highest BCUT2D eigenvalue weighted by atomic mass is 16.3. The molecule has 0 radical (unpaired) electrons. The molecule has 7 nitrogen and oxygen atoms in total. The fourth-order valence-corrected chi connectivity index (χ4v) is 2.97. The number of nitrogens with one attached hydrogen (secondary N) is 1. The van der Waals surface area contributed by atoms with Gasteiger partial charge in [-0.05, 0) is 62.3 Å². The molecule has 0 saturated carbocycles. The van der Waals surface area contributed by atoms with Crippen LogP contribution in [0, 0.1) is 0 Å². The molecule has 1 fully saturated rings. The predicted octanol–water partition coefficient (Wildman–Crippen LogP) is 1.65. The van der Waals surface area contributed by atoms with Gasteiger partial charge < -0.3 is 15.3 Å². The lowest BCUT2D eigenvalue weighted by Crippen LogP contribution is -2.41. The van der Waals surface area contributed by atoms with Crippen molar-refractivity contribution in [3.05, 3.63) is 42.0 Å². The lowest BCUT2D eigenvalue weighted by Gasteiger charge is -2.32. The average molecular weight is 341 g/mol. The van der Waals surface area contributed by atoms with Gasteiger partial charge in [-0.2, -0.15) is 0 Å². The molecule has 25 heavy (non-hydrogen) atoms. The van der Waals surface area contributed by atoms with E-state index in [0.29, 0.717) is 17.4 Å². The Morgan fingerprint density at radius 2 is 1.64 bits per heavy atom. The number of phenols is 1. The second-order valence-electron chi connectivity index (χ2n) is 6.25. The minimum atomic E-state index is -0.200. The number of phenolic OH excluding ortho intramolecular Hbond substituents is 1. The molecule has 132 valence electrons. The molecule has 1 amide bonds. The lowest BCUT2D eigenvalue weighted by molar-refractivity contribution is 0.0992. The molecule has 1 aromatic carbocycles. The van der Waals surface area contributed by atoms with E-state index in [4.69, 9.17) is 0 Å². The van der Waals surface area contributed by atoms with Crippen LogP contribution in [0.2, 0.25) is 0 Å². The van der Waals surface area contributed by atoms with Gasteiger partial charge in [-0.1, -0.05) is 0 Å². The number of hydrogen-bond acceptors (Lipinski definition) is 6.